The van der Waals surface area contributed by atoms with Gasteiger partial charge in [-0.25, -0.2) is 22.0 Å². The lowest BCUT2D eigenvalue weighted by Gasteiger charge is -2.36. The molecule has 0 amide bonds. The molecular weight excluding hydrogens is 457 g/mol. The summed E-state index contributed by atoms with van der Waals surface area (Å²) < 4.78 is 113. The summed E-state index contributed by atoms with van der Waals surface area (Å²) in [5, 5.41) is 0. The molecule has 0 radical (unpaired) electrons. The molecular formula is C23H21F7O3. The first kappa shape index (κ1) is 23.8. The van der Waals surface area contributed by atoms with Gasteiger partial charge in [0.05, 0.1) is 13.2 Å². The standard InChI is InChI=1S/C23H21F7O3/c24-16-6-13(22-31-10-14(11-32-22)12-4-2-1-3-5-12)7-17(25)20(16)23(29,30)33-15-8-18(26)21(28)19(27)9-15/h6-9,12,14,22H,1-5,10-11H2. The molecule has 0 aromatic heterocycles. The van der Waals surface area contributed by atoms with Gasteiger partial charge in [-0.1, -0.05) is 32.1 Å². The zero-order valence-electron chi connectivity index (χ0n) is 17.4. The molecule has 10 heteroatoms. The van der Waals surface area contributed by atoms with Gasteiger partial charge in [-0.05, 0) is 18.1 Å². The van der Waals surface area contributed by atoms with Crippen LogP contribution in [0.4, 0.5) is 30.7 Å². The summed E-state index contributed by atoms with van der Waals surface area (Å²) >= 11 is 0. The van der Waals surface area contributed by atoms with Gasteiger partial charge < -0.3 is 14.2 Å². The minimum absolute atomic E-state index is 0.134. The molecule has 180 valence electrons. The van der Waals surface area contributed by atoms with E-state index in [1.165, 1.54) is 6.42 Å². The Bertz CT molecular complexity index is 954. The van der Waals surface area contributed by atoms with Crippen molar-refractivity contribution in [3.63, 3.8) is 0 Å². The lowest BCUT2D eigenvalue weighted by atomic mass is 9.80. The Labute approximate surface area is 185 Å². The molecule has 2 aliphatic rings. The minimum Gasteiger partial charge on any atom is -0.429 e. The summed E-state index contributed by atoms with van der Waals surface area (Å²) in [6.45, 7) is 0.641. The molecule has 0 bridgehead atoms. The van der Waals surface area contributed by atoms with Gasteiger partial charge in [0.25, 0.3) is 0 Å². The first-order valence-electron chi connectivity index (χ1n) is 10.6. The fraction of sp³-hybridized carbons (Fsp3) is 0.478. The number of hydrogen-bond acceptors (Lipinski definition) is 3. The quantitative estimate of drug-likeness (QED) is 0.351. The van der Waals surface area contributed by atoms with Crippen LogP contribution in [-0.4, -0.2) is 13.2 Å². The van der Waals surface area contributed by atoms with Crippen molar-refractivity contribution in [2.75, 3.05) is 13.2 Å². The van der Waals surface area contributed by atoms with E-state index >= 15 is 0 Å². The average molecular weight is 478 g/mol. The van der Waals surface area contributed by atoms with Gasteiger partial charge >= 0.3 is 6.11 Å². The molecule has 4 rings (SSSR count). The molecule has 1 heterocycles. The summed E-state index contributed by atoms with van der Waals surface area (Å²) in [5.41, 5.74) is -1.90. The van der Waals surface area contributed by atoms with Crippen LogP contribution in [-0.2, 0) is 15.6 Å². The van der Waals surface area contributed by atoms with Crippen molar-refractivity contribution >= 4 is 0 Å². The van der Waals surface area contributed by atoms with Crippen molar-refractivity contribution in [2.45, 2.75) is 44.5 Å². The molecule has 0 N–H and O–H groups in total. The van der Waals surface area contributed by atoms with Crippen LogP contribution in [0, 0.1) is 40.9 Å². The van der Waals surface area contributed by atoms with Crippen molar-refractivity contribution in [2.24, 2.45) is 11.8 Å². The Hall–Kier alpha value is -2.33. The van der Waals surface area contributed by atoms with Crippen LogP contribution in [0.1, 0.15) is 49.5 Å². The van der Waals surface area contributed by atoms with Crippen LogP contribution >= 0.6 is 0 Å². The number of halogens is 7. The third-order valence-electron chi connectivity index (χ3n) is 6.07. The predicted molar refractivity (Wildman–Crippen MR) is 102 cm³/mol. The van der Waals surface area contributed by atoms with Crippen LogP contribution < -0.4 is 4.74 Å². The van der Waals surface area contributed by atoms with Gasteiger partial charge in [0, 0.05) is 23.6 Å². The molecule has 1 saturated carbocycles. The van der Waals surface area contributed by atoms with Crippen LogP contribution in [0.5, 0.6) is 5.75 Å². The van der Waals surface area contributed by atoms with Crippen LogP contribution in [0.3, 0.4) is 0 Å². The maximum absolute atomic E-state index is 14.5. The van der Waals surface area contributed by atoms with Crippen molar-refractivity contribution in [1.29, 1.82) is 0 Å². The highest BCUT2D eigenvalue weighted by molar-refractivity contribution is 5.32. The molecule has 2 aromatic rings. The molecule has 2 aromatic carbocycles. The molecule has 1 aliphatic heterocycles. The first-order valence-corrected chi connectivity index (χ1v) is 10.6. The molecule has 0 spiro atoms. The van der Waals surface area contributed by atoms with Gasteiger partial charge in [-0.15, -0.1) is 0 Å². The highest BCUT2D eigenvalue weighted by Crippen LogP contribution is 2.39. The average Bonchev–Trinajstić information content (AvgIpc) is 2.77. The van der Waals surface area contributed by atoms with Gasteiger partial charge in [0.15, 0.2) is 23.7 Å². The largest absolute Gasteiger partial charge is 0.432 e. The van der Waals surface area contributed by atoms with E-state index in [4.69, 9.17) is 9.47 Å². The maximum atomic E-state index is 14.5. The number of ether oxygens (including phenoxy) is 3. The Kier molecular flexibility index (Phi) is 6.86. The minimum atomic E-state index is -4.65. The van der Waals surface area contributed by atoms with Gasteiger partial charge in [-0.3, -0.25) is 0 Å². The monoisotopic (exact) mass is 478 g/mol. The van der Waals surface area contributed by atoms with E-state index in [0.717, 1.165) is 25.7 Å². The topological polar surface area (TPSA) is 27.7 Å². The van der Waals surface area contributed by atoms with Crippen LogP contribution in [0.25, 0.3) is 0 Å². The van der Waals surface area contributed by atoms with Crippen molar-refractivity contribution in [3.05, 3.63) is 64.5 Å². The van der Waals surface area contributed by atoms with Gasteiger partial charge in [0.2, 0.25) is 0 Å². The third kappa shape index (κ3) is 5.11. The number of hydrogen-bond donors (Lipinski definition) is 0. The molecule has 0 unspecified atom stereocenters. The van der Waals surface area contributed by atoms with E-state index < -0.39 is 52.8 Å². The first-order chi connectivity index (χ1) is 15.7. The molecule has 3 nitrogen and oxygen atoms in total. The lowest BCUT2D eigenvalue weighted by molar-refractivity contribution is -0.214. The van der Waals surface area contributed by atoms with Gasteiger partial charge in [-0.2, -0.15) is 8.78 Å². The summed E-state index contributed by atoms with van der Waals surface area (Å²) in [6, 6.07) is 1.55. The number of alkyl halides is 2. The fourth-order valence-electron chi connectivity index (χ4n) is 4.39. The van der Waals surface area contributed by atoms with Crippen LogP contribution in [0.2, 0.25) is 0 Å². The Morgan fingerprint density at radius 1 is 0.727 bits per heavy atom. The smallest absolute Gasteiger partial charge is 0.429 e. The Morgan fingerprint density at radius 2 is 1.27 bits per heavy atom. The Morgan fingerprint density at radius 3 is 1.82 bits per heavy atom. The van der Waals surface area contributed by atoms with E-state index in [1.807, 2.05) is 0 Å². The fourth-order valence-corrected chi connectivity index (χ4v) is 4.39. The zero-order chi connectivity index (χ0) is 23.8. The Balaban J connectivity index is 1.49. The second-order valence-corrected chi connectivity index (χ2v) is 8.34. The molecule has 33 heavy (non-hydrogen) atoms. The second kappa shape index (κ2) is 9.50. The van der Waals surface area contributed by atoms with Crippen molar-refractivity contribution < 1.29 is 44.9 Å². The zero-order valence-corrected chi connectivity index (χ0v) is 17.4. The highest BCUT2D eigenvalue weighted by atomic mass is 19.3. The van der Waals surface area contributed by atoms with E-state index in [0.29, 0.717) is 31.3 Å². The maximum Gasteiger partial charge on any atom is 0.432 e. The highest BCUT2D eigenvalue weighted by Gasteiger charge is 2.42. The summed E-state index contributed by atoms with van der Waals surface area (Å²) in [7, 11) is 0. The number of benzene rings is 2. The SMILES string of the molecule is Fc1cc(OC(F)(F)c2c(F)cc(C3OCC(C4CCCCC4)CO3)cc2F)cc(F)c1F. The molecule has 2 fully saturated rings. The second-order valence-electron chi connectivity index (χ2n) is 8.34. The molecule has 0 atom stereocenters. The summed E-state index contributed by atoms with van der Waals surface area (Å²) in [6.07, 6.45) is -0.181. The summed E-state index contributed by atoms with van der Waals surface area (Å²) in [4.78, 5) is 0. The third-order valence-corrected chi connectivity index (χ3v) is 6.07. The van der Waals surface area contributed by atoms with Crippen LogP contribution in [0.15, 0.2) is 24.3 Å². The lowest BCUT2D eigenvalue weighted by Crippen LogP contribution is -2.33. The van der Waals surface area contributed by atoms with E-state index in [1.54, 1.807) is 0 Å². The number of rotatable bonds is 5. The van der Waals surface area contributed by atoms with Gasteiger partial charge in [0.1, 0.15) is 22.9 Å². The molecule has 1 aliphatic carbocycles. The predicted octanol–water partition coefficient (Wildman–Crippen LogP) is 6.75. The van der Waals surface area contributed by atoms with Crippen molar-refractivity contribution in [3.8, 4) is 5.75 Å². The van der Waals surface area contributed by atoms with Crippen molar-refractivity contribution in [1.82, 2.24) is 0 Å². The summed E-state index contributed by atoms with van der Waals surface area (Å²) in [5.74, 6) is -9.36. The normalized spacial score (nSPS) is 22.4. The molecule has 1 saturated heterocycles. The van der Waals surface area contributed by atoms with E-state index in [2.05, 4.69) is 4.74 Å². The van der Waals surface area contributed by atoms with E-state index in [9.17, 15) is 30.7 Å². The van der Waals surface area contributed by atoms with E-state index in [-0.39, 0.29) is 23.6 Å².